The second-order valence-electron chi connectivity index (χ2n) is 2.83. The first-order valence-corrected chi connectivity index (χ1v) is 6.91. The van der Waals surface area contributed by atoms with Gasteiger partial charge in [0.2, 0.25) is 0 Å². The number of phenolic OH excluding ortho intramolecular Hbond substituents is 1. The topological polar surface area (TPSA) is 20.2 Å². The molecule has 0 aliphatic carbocycles. The number of hydrogen-bond acceptors (Lipinski definition) is 4. The minimum absolute atomic E-state index is 0.277. The second-order valence-corrected chi connectivity index (χ2v) is 5.16. The van der Waals surface area contributed by atoms with Crippen molar-refractivity contribution >= 4 is 39.9 Å². The van der Waals surface area contributed by atoms with Crippen molar-refractivity contribution in [1.29, 1.82) is 0 Å². The molecular weight excluding hydrogens is 232 g/mol. The molecule has 0 radical (unpaired) electrons. The lowest BCUT2D eigenvalue weighted by Gasteiger charge is -2.08. The van der Waals surface area contributed by atoms with Gasteiger partial charge in [-0.2, -0.15) is 0 Å². The van der Waals surface area contributed by atoms with Gasteiger partial charge >= 0.3 is 0 Å². The molecule has 0 fully saturated rings. The fraction of sp³-hybridized carbons (Fsp3) is 0.300. The Balaban J connectivity index is 3.24. The molecule has 0 amide bonds. The molecule has 0 bridgehead atoms. The van der Waals surface area contributed by atoms with E-state index in [1.54, 1.807) is 17.8 Å². The van der Waals surface area contributed by atoms with Gasteiger partial charge in [0.1, 0.15) is 5.75 Å². The summed E-state index contributed by atoms with van der Waals surface area (Å²) >= 11 is 8.30. The third kappa shape index (κ3) is 2.43. The molecular formula is C10H12OS3. The standard InChI is InChI=1S/C10H12OS3/c1-6-4-8(11)7(10(12)14-3)5-9(6)13-2/h4-5,11H,1-3H3. The first-order chi connectivity index (χ1) is 6.60. The summed E-state index contributed by atoms with van der Waals surface area (Å²) in [6.45, 7) is 1.98. The van der Waals surface area contributed by atoms with Crippen LogP contribution in [0.25, 0.3) is 0 Å². The highest BCUT2D eigenvalue weighted by Crippen LogP contribution is 2.30. The summed E-state index contributed by atoms with van der Waals surface area (Å²) in [5.74, 6) is 0.277. The Kier molecular flexibility index (Phi) is 4.29. The SMILES string of the molecule is CSC(=S)c1cc(SC)c(C)cc1O. The highest BCUT2D eigenvalue weighted by Gasteiger charge is 2.09. The van der Waals surface area contributed by atoms with Crippen LogP contribution in [0.4, 0.5) is 0 Å². The van der Waals surface area contributed by atoms with Crippen LogP contribution in [-0.2, 0) is 0 Å². The Bertz CT molecular complexity index is 361. The zero-order chi connectivity index (χ0) is 10.7. The summed E-state index contributed by atoms with van der Waals surface area (Å²) in [5.41, 5.74) is 1.85. The summed E-state index contributed by atoms with van der Waals surface area (Å²) in [6.07, 6.45) is 3.94. The van der Waals surface area contributed by atoms with Gasteiger partial charge in [-0.3, -0.25) is 0 Å². The largest absolute Gasteiger partial charge is 0.507 e. The van der Waals surface area contributed by atoms with Crippen LogP contribution in [0.3, 0.4) is 0 Å². The Morgan fingerprint density at radius 2 is 2.00 bits per heavy atom. The smallest absolute Gasteiger partial charge is 0.125 e. The molecule has 76 valence electrons. The van der Waals surface area contributed by atoms with Crippen LogP contribution in [-0.4, -0.2) is 21.8 Å². The first kappa shape index (κ1) is 11.9. The van der Waals surface area contributed by atoms with Gasteiger partial charge in [-0.05, 0) is 37.1 Å². The molecule has 1 nitrogen and oxygen atoms in total. The number of thiocarbonyl (C=S) groups is 1. The van der Waals surface area contributed by atoms with Crippen LogP contribution in [0, 0.1) is 6.92 Å². The predicted molar refractivity (Wildman–Crippen MR) is 69.8 cm³/mol. The third-order valence-corrected chi connectivity index (χ3v) is 4.11. The molecule has 0 heterocycles. The van der Waals surface area contributed by atoms with Gasteiger partial charge in [-0.15, -0.1) is 23.5 Å². The Hall–Kier alpha value is -0.190. The summed E-state index contributed by atoms with van der Waals surface area (Å²) in [5, 5.41) is 9.70. The molecule has 0 unspecified atom stereocenters. The molecule has 0 spiro atoms. The third-order valence-electron chi connectivity index (χ3n) is 1.92. The molecule has 4 heteroatoms. The highest BCUT2D eigenvalue weighted by atomic mass is 32.2. The van der Waals surface area contributed by atoms with E-state index in [1.807, 2.05) is 25.5 Å². The van der Waals surface area contributed by atoms with E-state index in [4.69, 9.17) is 12.2 Å². The molecule has 14 heavy (non-hydrogen) atoms. The Morgan fingerprint density at radius 1 is 1.36 bits per heavy atom. The molecule has 1 aromatic carbocycles. The van der Waals surface area contributed by atoms with E-state index in [9.17, 15) is 5.11 Å². The van der Waals surface area contributed by atoms with Gasteiger partial charge in [0, 0.05) is 10.5 Å². The van der Waals surface area contributed by atoms with Crippen molar-refractivity contribution in [2.45, 2.75) is 11.8 Å². The van der Waals surface area contributed by atoms with Gasteiger partial charge < -0.3 is 5.11 Å². The summed E-state index contributed by atoms with van der Waals surface area (Å²) in [4.78, 5) is 1.16. The van der Waals surface area contributed by atoms with Crippen LogP contribution < -0.4 is 0 Å². The molecule has 0 aromatic heterocycles. The van der Waals surface area contributed by atoms with Crippen molar-refractivity contribution in [3.63, 3.8) is 0 Å². The lowest BCUT2D eigenvalue weighted by atomic mass is 10.1. The monoisotopic (exact) mass is 244 g/mol. The van der Waals surface area contributed by atoms with Gasteiger partial charge in [0.05, 0.1) is 4.20 Å². The van der Waals surface area contributed by atoms with E-state index in [0.29, 0.717) is 0 Å². The average molecular weight is 244 g/mol. The number of rotatable bonds is 2. The van der Waals surface area contributed by atoms with E-state index in [0.717, 1.165) is 20.2 Å². The van der Waals surface area contributed by atoms with Crippen molar-refractivity contribution in [3.8, 4) is 5.75 Å². The Morgan fingerprint density at radius 3 is 2.50 bits per heavy atom. The quantitative estimate of drug-likeness (QED) is 0.634. The van der Waals surface area contributed by atoms with E-state index in [-0.39, 0.29) is 5.75 Å². The summed E-state index contributed by atoms with van der Waals surface area (Å²) < 4.78 is 0.734. The molecule has 0 atom stereocenters. The lowest BCUT2D eigenvalue weighted by molar-refractivity contribution is 0.473. The second kappa shape index (κ2) is 5.05. The molecule has 0 saturated carbocycles. The lowest BCUT2D eigenvalue weighted by Crippen LogP contribution is -1.93. The molecule has 1 rings (SSSR count). The van der Waals surface area contributed by atoms with E-state index >= 15 is 0 Å². The number of aryl methyl sites for hydroxylation is 1. The number of benzene rings is 1. The fourth-order valence-corrected chi connectivity index (χ4v) is 2.33. The Labute approximate surface area is 98.3 Å². The minimum Gasteiger partial charge on any atom is -0.507 e. The van der Waals surface area contributed by atoms with Gasteiger partial charge in [0.25, 0.3) is 0 Å². The molecule has 1 aromatic rings. The van der Waals surface area contributed by atoms with Gasteiger partial charge in [-0.1, -0.05) is 12.2 Å². The number of phenols is 1. The van der Waals surface area contributed by atoms with Crippen molar-refractivity contribution < 1.29 is 5.11 Å². The summed E-state index contributed by atoms with van der Waals surface area (Å²) in [7, 11) is 0. The van der Waals surface area contributed by atoms with Crippen molar-refractivity contribution in [2.75, 3.05) is 12.5 Å². The zero-order valence-electron chi connectivity index (χ0n) is 8.33. The average Bonchev–Trinajstić information content (AvgIpc) is 2.17. The fourth-order valence-electron chi connectivity index (χ4n) is 1.17. The van der Waals surface area contributed by atoms with Crippen LogP contribution in [0.2, 0.25) is 0 Å². The maximum Gasteiger partial charge on any atom is 0.125 e. The van der Waals surface area contributed by atoms with Crippen LogP contribution in [0.5, 0.6) is 5.75 Å². The maximum absolute atomic E-state index is 9.70. The molecule has 0 aliphatic heterocycles. The van der Waals surface area contributed by atoms with Gasteiger partial charge in [0.15, 0.2) is 0 Å². The van der Waals surface area contributed by atoms with Crippen LogP contribution in [0.15, 0.2) is 17.0 Å². The summed E-state index contributed by atoms with van der Waals surface area (Å²) in [6, 6.07) is 3.72. The minimum atomic E-state index is 0.277. The first-order valence-electron chi connectivity index (χ1n) is 4.06. The van der Waals surface area contributed by atoms with Gasteiger partial charge in [-0.25, -0.2) is 0 Å². The predicted octanol–water partition coefficient (Wildman–Crippen LogP) is 3.46. The van der Waals surface area contributed by atoms with Crippen molar-refractivity contribution in [1.82, 2.24) is 0 Å². The van der Waals surface area contributed by atoms with Crippen LogP contribution in [0.1, 0.15) is 11.1 Å². The highest BCUT2D eigenvalue weighted by molar-refractivity contribution is 8.23. The normalized spacial score (nSPS) is 10.2. The van der Waals surface area contributed by atoms with Crippen molar-refractivity contribution in [3.05, 3.63) is 23.3 Å². The molecule has 0 aliphatic rings. The van der Waals surface area contributed by atoms with Crippen LogP contribution >= 0.6 is 35.7 Å². The van der Waals surface area contributed by atoms with E-state index in [1.165, 1.54) is 11.8 Å². The molecule has 0 saturated heterocycles. The zero-order valence-corrected chi connectivity index (χ0v) is 10.8. The number of hydrogen-bond donors (Lipinski definition) is 1. The van der Waals surface area contributed by atoms with Crippen molar-refractivity contribution in [2.24, 2.45) is 0 Å². The maximum atomic E-state index is 9.70. The van der Waals surface area contributed by atoms with E-state index in [2.05, 4.69) is 0 Å². The molecule has 1 N–H and O–H groups in total. The number of thioether (sulfide) groups is 2. The van der Waals surface area contributed by atoms with E-state index < -0.39 is 0 Å². The number of aromatic hydroxyl groups is 1.